The molecule has 0 saturated carbocycles. The van der Waals surface area contributed by atoms with Crippen molar-refractivity contribution in [3.63, 3.8) is 0 Å². The molecule has 0 fully saturated rings. The molecule has 1 aromatic rings. The van der Waals surface area contributed by atoms with Crippen molar-refractivity contribution in [1.29, 1.82) is 0 Å². The second-order valence-corrected chi connectivity index (χ2v) is 2.78. The molecular weight excluding hydrogens is 146 g/mol. The fourth-order valence-corrected chi connectivity index (χ4v) is 1.27. The third kappa shape index (κ3) is 1.75. The van der Waals surface area contributed by atoms with Gasteiger partial charge in [-0.2, -0.15) is 8.75 Å². The van der Waals surface area contributed by atoms with Crippen LogP contribution in [0, 0.1) is 0 Å². The van der Waals surface area contributed by atoms with Gasteiger partial charge in [0, 0.05) is 6.04 Å². The van der Waals surface area contributed by atoms with Gasteiger partial charge in [-0.15, -0.1) is 0 Å². The van der Waals surface area contributed by atoms with Gasteiger partial charge in [-0.25, -0.2) is 0 Å². The first kappa shape index (κ1) is 7.63. The minimum atomic E-state index is 0.0868. The standard InChI is InChI=1S/C6H11N3S/c1-2-3-5(7)6-4-8-10-9-6/h4-5H,2-3,7H2,1H3. The van der Waals surface area contributed by atoms with E-state index < -0.39 is 0 Å². The number of nitrogens with two attached hydrogens (primary N) is 1. The van der Waals surface area contributed by atoms with E-state index in [0.717, 1.165) is 18.5 Å². The highest BCUT2D eigenvalue weighted by atomic mass is 32.1. The summed E-state index contributed by atoms with van der Waals surface area (Å²) in [5, 5.41) is 0. The summed E-state index contributed by atoms with van der Waals surface area (Å²) < 4.78 is 7.92. The first-order valence-corrected chi connectivity index (χ1v) is 4.10. The number of hydrogen-bond acceptors (Lipinski definition) is 4. The maximum atomic E-state index is 5.75. The molecule has 1 heterocycles. The molecule has 0 aliphatic carbocycles. The summed E-state index contributed by atoms with van der Waals surface area (Å²) in [6.07, 6.45) is 3.83. The molecule has 3 nitrogen and oxygen atoms in total. The van der Waals surface area contributed by atoms with Gasteiger partial charge in [-0.1, -0.05) is 13.3 Å². The highest BCUT2D eigenvalue weighted by molar-refractivity contribution is 6.99. The monoisotopic (exact) mass is 157 g/mol. The largest absolute Gasteiger partial charge is 0.323 e. The highest BCUT2D eigenvalue weighted by Gasteiger charge is 2.05. The number of aromatic nitrogens is 2. The Hall–Kier alpha value is -0.480. The van der Waals surface area contributed by atoms with Crippen LogP contribution in [0.2, 0.25) is 0 Å². The van der Waals surface area contributed by atoms with Gasteiger partial charge in [0.15, 0.2) is 0 Å². The number of rotatable bonds is 3. The Kier molecular flexibility index (Phi) is 2.77. The summed E-state index contributed by atoms with van der Waals surface area (Å²) in [7, 11) is 0. The molecule has 1 rings (SSSR count). The molecule has 0 saturated heterocycles. The van der Waals surface area contributed by atoms with Crippen molar-refractivity contribution in [1.82, 2.24) is 8.75 Å². The fourth-order valence-electron chi connectivity index (χ4n) is 0.794. The Bertz CT molecular complexity index is 173. The molecule has 0 aromatic carbocycles. The minimum Gasteiger partial charge on any atom is -0.323 e. The molecule has 0 radical (unpaired) electrons. The molecule has 10 heavy (non-hydrogen) atoms. The van der Waals surface area contributed by atoms with E-state index in [0.29, 0.717) is 0 Å². The van der Waals surface area contributed by atoms with Crippen LogP contribution in [0.4, 0.5) is 0 Å². The van der Waals surface area contributed by atoms with E-state index in [9.17, 15) is 0 Å². The van der Waals surface area contributed by atoms with Crippen LogP contribution in [0.3, 0.4) is 0 Å². The van der Waals surface area contributed by atoms with Crippen LogP contribution in [0.15, 0.2) is 6.20 Å². The van der Waals surface area contributed by atoms with Gasteiger partial charge in [0.1, 0.15) is 0 Å². The van der Waals surface area contributed by atoms with E-state index >= 15 is 0 Å². The van der Waals surface area contributed by atoms with Crippen LogP contribution in [0.1, 0.15) is 31.5 Å². The van der Waals surface area contributed by atoms with E-state index in [1.54, 1.807) is 6.20 Å². The molecule has 56 valence electrons. The smallest absolute Gasteiger partial charge is 0.0910 e. The van der Waals surface area contributed by atoms with E-state index in [-0.39, 0.29) is 6.04 Å². The lowest BCUT2D eigenvalue weighted by atomic mass is 10.1. The predicted octanol–water partition coefficient (Wildman–Crippen LogP) is 1.34. The van der Waals surface area contributed by atoms with Gasteiger partial charge >= 0.3 is 0 Å². The predicted molar refractivity (Wildman–Crippen MR) is 41.7 cm³/mol. The quantitative estimate of drug-likeness (QED) is 0.720. The average Bonchev–Trinajstić information content (AvgIpc) is 2.38. The summed E-state index contributed by atoms with van der Waals surface area (Å²) in [5.41, 5.74) is 6.68. The van der Waals surface area contributed by atoms with Crippen molar-refractivity contribution in [2.24, 2.45) is 5.73 Å². The van der Waals surface area contributed by atoms with Gasteiger partial charge in [-0.05, 0) is 6.42 Å². The van der Waals surface area contributed by atoms with Crippen molar-refractivity contribution in [2.45, 2.75) is 25.8 Å². The normalized spacial score (nSPS) is 13.4. The molecule has 0 aliphatic rings. The maximum Gasteiger partial charge on any atom is 0.0910 e. The van der Waals surface area contributed by atoms with Crippen LogP contribution in [0.25, 0.3) is 0 Å². The van der Waals surface area contributed by atoms with E-state index in [1.165, 1.54) is 11.7 Å². The van der Waals surface area contributed by atoms with Crippen LogP contribution >= 0.6 is 11.7 Å². The molecule has 1 aromatic heterocycles. The number of nitrogens with zero attached hydrogens (tertiary/aromatic N) is 2. The van der Waals surface area contributed by atoms with Crippen molar-refractivity contribution in [2.75, 3.05) is 0 Å². The molecule has 0 bridgehead atoms. The van der Waals surface area contributed by atoms with E-state index in [4.69, 9.17) is 5.73 Å². The maximum absolute atomic E-state index is 5.75. The topological polar surface area (TPSA) is 51.8 Å². The van der Waals surface area contributed by atoms with Crippen molar-refractivity contribution in [3.05, 3.63) is 11.9 Å². The average molecular weight is 157 g/mol. The first-order chi connectivity index (χ1) is 4.84. The van der Waals surface area contributed by atoms with Gasteiger partial charge in [0.05, 0.1) is 23.6 Å². The zero-order valence-corrected chi connectivity index (χ0v) is 6.77. The van der Waals surface area contributed by atoms with E-state index in [2.05, 4.69) is 15.7 Å². The lowest BCUT2D eigenvalue weighted by Crippen LogP contribution is -2.09. The lowest BCUT2D eigenvalue weighted by molar-refractivity contribution is 0.626. The molecule has 0 amide bonds. The Morgan fingerprint density at radius 2 is 2.60 bits per heavy atom. The summed E-state index contributed by atoms with van der Waals surface area (Å²) in [6, 6.07) is 0.0868. The summed E-state index contributed by atoms with van der Waals surface area (Å²) >= 11 is 1.21. The fraction of sp³-hybridized carbons (Fsp3) is 0.667. The first-order valence-electron chi connectivity index (χ1n) is 3.37. The van der Waals surface area contributed by atoms with Crippen LogP contribution in [-0.4, -0.2) is 8.75 Å². The Balaban J connectivity index is 2.50. The SMILES string of the molecule is CCCC(N)c1cnsn1. The summed E-state index contributed by atoms with van der Waals surface area (Å²) in [6.45, 7) is 2.11. The molecule has 1 unspecified atom stereocenters. The Morgan fingerprint density at radius 1 is 1.80 bits per heavy atom. The summed E-state index contributed by atoms with van der Waals surface area (Å²) in [4.78, 5) is 0. The number of hydrogen-bond donors (Lipinski definition) is 1. The van der Waals surface area contributed by atoms with Gasteiger partial charge in [0.25, 0.3) is 0 Å². The van der Waals surface area contributed by atoms with Crippen LogP contribution in [-0.2, 0) is 0 Å². The third-order valence-electron chi connectivity index (χ3n) is 1.36. The molecule has 2 N–H and O–H groups in total. The summed E-state index contributed by atoms with van der Waals surface area (Å²) in [5.74, 6) is 0. The molecule has 4 heteroatoms. The molecule has 1 atom stereocenters. The molecule has 0 spiro atoms. The van der Waals surface area contributed by atoms with Gasteiger partial charge in [-0.3, -0.25) is 0 Å². The molecule has 0 aliphatic heterocycles. The van der Waals surface area contributed by atoms with Gasteiger partial charge in [0.2, 0.25) is 0 Å². The Morgan fingerprint density at radius 3 is 3.10 bits per heavy atom. The molecular formula is C6H11N3S. The minimum absolute atomic E-state index is 0.0868. The zero-order valence-electron chi connectivity index (χ0n) is 5.95. The lowest BCUT2D eigenvalue weighted by Gasteiger charge is -2.03. The van der Waals surface area contributed by atoms with Crippen LogP contribution < -0.4 is 5.73 Å². The second-order valence-electron chi connectivity index (χ2n) is 2.23. The zero-order chi connectivity index (χ0) is 7.40. The third-order valence-corrected chi connectivity index (χ3v) is 1.85. The second kappa shape index (κ2) is 3.63. The Labute approximate surface area is 64.6 Å². The van der Waals surface area contributed by atoms with Crippen molar-refractivity contribution in [3.8, 4) is 0 Å². The highest BCUT2D eigenvalue weighted by Crippen LogP contribution is 2.12. The van der Waals surface area contributed by atoms with E-state index in [1.807, 2.05) is 0 Å². The van der Waals surface area contributed by atoms with Gasteiger partial charge < -0.3 is 5.73 Å². The van der Waals surface area contributed by atoms with Crippen LogP contribution in [0.5, 0.6) is 0 Å². The van der Waals surface area contributed by atoms with Crippen molar-refractivity contribution >= 4 is 11.7 Å². The van der Waals surface area contributed by atoms with Crippen molar-refractivity contribution < 1.29 is 0 Å².